The van der Waals surface area contributed by atoms with Gasteiger partial charge in [-0.1, -0.05) is 78.9 Å². The molecule has 1 heterocycles. The van der Waals surface area contributed by atoms with Gasteiger partial charge >= 0.3 is 0 Å². The van der Waals surface area contributed by atoms with Crippen molar-refractivity contribution in [1.82, 2.24) is 4.57 Å². The predicted molar refractivity (Wildman–Crippen MR) is 186 cm³/mol. The Balaban J connectivity index is 1.17. The number of fused-ring (bicyclic) bond motifs is 3. The Morgan fingerprint density at radius 3 is 1.41 bits per heavy atom. The highest BCUT2D eigenvalue weighted by molar-refractivity contribution is 6.10. The summed E-state index contributed by atoms with van der Waals surface area (Å²) in [5.74, 6) is -0.542. The van der Waals surface area contributed by atoms with Gasteiger partial charge in [0.05, 0.1) is 11.0 Å². The second-order valence-electron chi connectivity index (χ2n) is 11.3. The lowest BCUT2D eigenvalue weighted by atomic mass is 10.0. The minimum atomic E-state index is -0.283. The summed E-state index contributed by atoms with van der Waals surface area (Å²) in [5, 5.41) is 2.42. The van der Waals surface area contributed by atoms with Crippen molar-refractivity contribution < 1.29 is 8.78 Å². The van der Waals surface area contributed by atoms with E-state index in [0.717, 1.165) is 45.0 Å². The fourth-order valence-electron chi connectivity index (χ4n) is 6.29. The molecule has 0 amide bonds. The molecule has 0 spiro atoms. The molecule has 0 N–H and O–H groups in total. The number of halogens is 2. The van der Waals surface area contributed by atoms with Crippen molar-refractivity contribution in [2.75, 3.05) is 4.90 Å². The molecule has 4 heteroatoms. The summed E-state index contributed by atoms with van der Waals surface area (Å²) in [6, 6.07) is 55.3. The van der Waals surface area contributed by atoms with Gasteiger partial charge in [0.1, 0.15) is 11.6 Å². The van der Waals surface area contributed by atoms with Crippen molar-refractivity contribution in [1.29, 1.82) is 0 Å². The predicted octanol–water partition coefficient (Wildman–Crippen LogP) is 11.9. The molecule has 46 heavy (non-hydrogen) atoms. The van der Waals surface area contributed by atoms with Crippen LogP contribution in [0.2, 0.25) is 0 Å². The highest BCUT2D eigenvalue weighted by Gasteiger charge is 2.15. The van der Waals surface area contributed by atoms with Gasteiger partial charge in [0, 0.05) is 33.5 Å². The molecule has 0 atom stereocenters. The van der Waals surface area contributed by atoms with Crippen LogP contribution < -0.4 is 4.90 Å². The first-order chi connectivity index (χ1) is 22.6. The van der Waals surface area contributed by atoms with Crippen LogP contribution >= 0.6 is 0 Å². The minimum absolute atomic E-state index is 0.259. The Morgan fingerprint density at radius 1 is 0.370 bits per heavy atom. The second-order valence-corrected chi connectivity index (χ2v) is 11.3. The van der Waals surface area contributed by atoms with Crippen molar-refractivity contribution in [3.8, 4) is 27.9 Å². The topological polar surface area (TPSA) is 8.17 Å². The van der Waals surface area contributed by atoms with Gasteiger partial charge in [-0.2, -0.15) is 0 Å². The van der Waals surface area contributed by atoms with E-state index in [0.29, 0.717) is 0 Å². The maximum Gasteiger partial charge on any atom is 0.123 e. The van der Waals surface area contributed by atoms with Crippen LogP contribution in [0.25, 0.3) is 49.7 Å². The van der Waals surface area contributed by atoms with Gasteiger partial charge in [-0.15, -0.1) is 0 Å². The second kappa shape index (κ2) is 11.5. The number of hydrogen-bond donors (Lipinski definition) is 0. The molecule has 1 aromatic heterocycles. The molecule has 7 aromatic carbocycles. The first-order valence-corrected chi connectivity index (χ1v) is 15.2. The number of para-hydroxylation sites is 2. The van der Waals surface area contributed by atoms with Crippen molar-refractivity contribution >= 4 is 38.9 Å². The molecular weight excluding hydrogens is 570 g/mol. The summed E-state index contributed by atoms with van der Waals surface area (Å²) in [4.78, 5) is 2.11. The summed E-state index contributed by atoms with van der Waals surface area (Å²) >= 11 is 0. The number of aromatic nitrogens is 1. The van der Waals surface area contributed by atoms with E-state index < -0.39 is 0 Å². The third-order valence-corrected chi connectivity index (χ3v) is 8.53. The number of rotatable bonds is 6. The standard InChI is InChI=1S/C42H28F2N2/c43-33-17-10-29(11-18-33)30-12-21-36(22-13-30)45(38-25-19-34(44)20-26-38)37-23-14-31(15-24-37)32-16-27-42-40(28-32)39-8-4-5-9-41(39)46(42)35-6-2-1-3-7-35/h1-28H. The zero-order valence-electron chi connectivity index (χ0n) is 24.8. The number of anilines is 3. The van der Waals surface area contributed by atoms with E-state index in [2.05, 4.69) is 100 Å². The summed E-state index contributed by atoms with van der Waals surface area (Å²) in [7, 11) is 0. The Labute approximate surface area is 266 Å². The van der Waals surface area contributed by atoms with E-state index in [1.54, 1.807) is 24.3 Å². The molecule has 0 saturated heterocycles. The van der Waals surface area contributed by atoms with Gasteiger partial charge < -0.3 is 9.47 Å². The zero-order valence-corrected chi connectivity index (χ0v) is 24.8. The van der Waals surface area contributed by atoms with Crippen LogP contribution in [0.5, 0.6) is 0 Å². The lowest BCUT2D eigenvalue weighted by molar-refractivity contribution is 0.627. The Bertz CT molecular complexity index is 2290. The highest BCUT2D eigenvalue weighted by atomic mass is 19.1. The summed E-state index contributed by atoms with van der Waals surface area (Å²) in [5.41, 5.74) is 10.4. The van der Waals surface area contributed by atoms with Crippen LogP contribution in [0.3, 0.4) is 0 Å². The van der Waals surface area contributed by atoms with Crippen molar-refractivity contribution in [2.45, 2.75) is 0 Å². The van der Waals surface area contributed by atoms with Crippen LogP contribution in [0.4, 0.5) is 25.8 Å². The fraction of sp³-hybridized carbons (Fsp3) is 0. The Kier molecular flexibility index (Phi) is 6.88. The SMILES string of the molecule is Fc1ccc(-c2ccc(N(c3ccc(F)cc3)c3ccc(-c4ccc5c(c4)c4ccccc4n5-c4ccccc4)cc3)cc2)cc1. The molecule has 220 valence electrons. The third-order valence-electron chi connectivity index (χ3n) is 8.53. The lowest BCUT2D eigenvalue weighted by Gasteiger charge is -2.26. The van der Waals surface area contributed by atoms with Gasteiger partial charge in [-0.05, 0) is 113 Å². The minimum Gasteiger partial charge on any atom is -0.311 e. The van der Waals surface area contributed by atoms with Gasteiger partial charge in [-0.25, -0.2) is 8.78 Å². The maximum absolute atomic E-state index is 13.9. The van der Waals surface area contributed by atoms with Crippen molar-refractivity contribution in [2.24, 2.45) is 0 Å². The molecule has 8 aromatic rings. The van der Waals surface area contributed by atoms with E-state index in [-0.39, 0.29) is 11.6 Å². The smallest absolute Gasteiger partial charge is 0.123 e. The quantitative estimate of drug-likeness (QED) is 0.185. The number of hydrogen-bond acceptors (Lipinski definition) is 1. The van der Waals surface area contributed by atoms with Crippen LogP contribution in [0.15, 0.2) is 170 Å². The summed E-state index contributed by atoms with van der Waals surface area (Å²) in [6.45, 7) is 0. The molecule has 2 nitrogen and oxygen atoms in total. The maximum atomic E-state index is 13.9. The number of nitrogens with zero attached hydrogens (tertiary/aromatic N) is 2. The largest absolute Gasteiger partial charge is 0.311 e. The normalized spacial score (nSPS) is 11.3. The highest BCUT2D eigenvalue weighted by Crippen LogP contribution is 2.38. The van der Waals surface area contributed by atoms with E-state index >= 15 is 0 Å². The fourth-order valence-corrected chi connectivity index (χ4v) is 6.29. The molecular formula is C42H28F2N2. The first-order valence-electron chi connectivity index (χ1n) is 15.2. The molecule has 0 aliphatic heterocycles. The van der Waals surface area contributed by atoms with Gasteiger partial charge in [0.2, 0.25) is 0 Å². The average Bonchev–Trinajstić information content (AvgIpc) is 3.44. The molecule has 0 bridgehead atoms. The van der Waals surface area contributed by atoms with Crippen molar-refractivity contribution in [3.63, 3.8) is 0 Å². The molecule has 0 fully saturated rings. The van der Waals surface area contributed by atoms with Crippen LogP contribution in [-0.2, 0) is 0 Å². The lowest BCUT2D eigenvalue weighted by Crippen LogP contribution is -2.09. The zero-order chi connectivity index (χ0) is 31.0. The molecule has 8 rings (SSSR count). The van der Waals surface area contributed by atoms with Crippen LogP contribution in [0.1, 0.15) is 0 Å². The Morgan fingerprint density at radius 2 is 0.804 bits per heavy atom. The number of benzene rings is 7. The first kappa shape index (κ1) is 27.5. The van der Waals surface area contributed by atoms with E-state index in [4.69, 9.17) is 0 Å². The molecule has 0 saturated carbocycles. The summed E-state index contributed by atoms with van der Waals surface area (Å²) in [6.07, 6.45) is 0. The molecule has 0 radical (unpaired) electrons. The van der Waals surface area contributed by atoms with E-state index in [9.17, 15) is 8.78 Å². The van der Waals surface area contributed by atoms with Gasteiger partial charge in [-0.3, -0.25) is 0 Å². The van der Waals surface area contributed by atoms with Crippen LogP contribution in [0, 0.1) is 11.6 Å². The Hall–Kier alpha value is -6.00. The van der Waals surface area contributed by atoms with Crippen LogP contribution in [-0.4, -0.2) is 4.57 Å². The van der Waals surface area contributed by atoms with Crippen molar-refractivity contribution in [3.05, 3.63) is 181 Å². The third kappa shape index (κ3) is 5.00. The van der Waals surface area contributed by atoms with E-state index in [1.807, 2.05) is 30.3 Å². The molecule has 0 unspecified atom stereocenters. The van der Waals surface area contributed by atoms with Gasteiger partial charge in [0.15, 0.2) is 0 Å². The van der Waals surface area contributed by atoms with Gasteiger partial charge in [0.25, 0.3) is 0 Å². The molecule has 0 aliphatic rings. The average molecular weight is 599 g/mol. The monoisotopic (exact) mass is 598 g/mol. The summed E-state index contributed by atoms with van der Waals surface area (Å²) < 4.78 is 29.7. The van der Waals surface area contributed by atoms with E-state index in [1.165, 1.54) is 46.1 Å². The molecule has 0 aliphatic carbocycles.